The van der Waals surface area contributed by atoms with E-state index in [9.17, 15) is 0 Å². The first-order valence-electron chi connectivity index (χ1n) is 5.72. The molecule has 3 aromatic heterocycles. The van der Waals surface area contributed by atoms with Crippen LogP contribution in [-0.2, 0) is 6.54 Å². The molecule has 0 aliphatic rings. The molecule has 3 rings (SSSR count). The number of imidazole rings is 1. The Labute approximate surface area is 114 Å². The highest BCUT2D eigenvalue weighted by Crippen LogP contribution is 2.26. The van der Waals surface area contributed by atoms with Gasteiger partial charge in [0.2, 0.25) is 5.88 Å². The quantitative estimate of drug-likeness (QED) is 0.797. The average Bonchev–Trinajstić information content (AvgIpc) is 2.75. The van der Waals surface area contributed by atoms with Crippen LogP contribution in [0.3, 0.4) is 0 Å². The van der Waals surface area contributed by atoms with Gasteiger partial charge in [-0.25, -0.2) is 0 Å². The number of ether oxygens (including phenoxy) is 1. The summed E-state index contributed by atoms with van der Waals surface area (Å²) >= 11 is 5.87. The van der Waals surface area contributed by atoms with Gasteiger partial charge in [0.05, 0.1) is 11.2 Å². The first kappa shape index (κ1) is 12.0. The first-order valence-corrected chi connectivity index (χ1v) is 6.10. The summed E-state index contributed by atoms with van der Waals surface area (Å²) < 4.78 is 7.60. The fourth-order valence-corrected chi connectivity index (χ4v) is 2.02. The van der Waals surface area contributed by atoms with Gasteiger partial charge < -0.3 is 10.5 Å². The summed E-state index contributed by atoms with van der Waals surface area (Å²) in [5.41, 5.74) is 7.35. The van der Waals surface area contributed by atoms with Gasteiger partial charge in [-0.1, -0.05) is 17.7 Å². The Morgan fingerprint density at radius 3 is 3.00 bits per heavy atom. The first-order chi connectivity index (χ1) is 9.28. The highest BCUT2D eigenvalue weighted by Gasteiger charge is 2.12. The van der Waals surface area contributed by atoms with E-state index in [1.54, 1.807) is 18.5 Å². The van der Waals surface area contributed by atoms with Gasteiger partial charge in [0.25, 0.3) is 0 Å². The van der Waals surface area contributed by atoms with Gasteiger partial charge in [-0.05, 0) is 12.1 Å². The van der Waals surface area contributed by atoms with Crippen molar-refractivity contribution in [1.29, 1.82) is 0 Å². The second-order valence-corrected chi connectivity index (χ2v) is 4.37. The Hall–Kier alpha value is -2.11. The number of aromatic nitrogens is 3. The highest BCUT2D eigenvalue weighted by atomic mass is 35.5. The molecule has 3 aromatic rings. The van der Waals surface area contributed by atoms with Crippen LogP contribution in [0, 0.1) is 0 Å². The summed E-state index contributed by atoms with van der Waals surface area (Å²) in [6.07, 6.45) is 5.02. The average molecular weight is 275 g/mol. The number of nitrogens with two attached hydrogens (primary N) is 1. The molecule has 5 nitrogen and oxygen atoms in total. The molecule has 0 bridgehead atoms. The van der Waals surface area contributed by atoms with Gasteiger partial charge >= 0.3 is 0 Å². The van der Waals surface area contributed by atoms with Crippen molar-refractivity contribution in [1.82, 2.24) is 14.4 Å². The highest BCUT2D eigenvalue weighted by molar-refractivity contribution is 6.30. The molecule has 96 valence electrons. The lowest BCUT2D eigenvalue weighted by molar-refractivity contribution is 0.457. The molecular formula is C13H11ClN4O. The summed E-state index contributed by atoms with van der Waals surface area (Å²) in [6, 6.07) is 7.40. The fourth-order valence-electron chi connectivity index (χ4n) is 1.85. The Kier molecular flexibility index (Phi) is 3.06. The number of nitrogens with zero attached hydrogens (tertiary/aromatic N) is 3. The molecule has 0 unspecified atom stereocenters. The largest absolute Gasteiger partial charge is 0.436 e. The number of rotatable bonds is 3. The van der Waals surface area contributed by atoms with E-state index in [2.05, 4.69) is 9.97 Å². The lowest BCUT2D eigenvalue weighted by Gasteiger charge is -2.04. The van der Waals surface area contributed by atoms with Gasteiger partial charge in [-0.3, -0.25) is 9.38 Å². The third kappa shape index (κ3) is 2.25. The summed E-state index contributed by atoms with van der Waals surface area (Å²) in [4.78, 5) is 8.37. The molecule has 2 N–H and O–H groups in total. The minimum Gasteiger partial charge on any atom is -0.436 e. The third-order valence-corrected chi connectivity index (χ3v) is 2.89. The van der Waals surface area contributed by atoms with Gasteiger partial charge in [-0.2, -0.15) is 4.98 Å². The van der Waals surface area contributed by atoms with Crippen molar-refractivity contribution in [2.75, 3.05) is 0 Å². The maximum Gasteiger partial charge on any atom is 0.242 e. The van der Waals surface area contributed by atoms with Crippen LogP contribution in [-0.4, -0.2) is 14.4 Å². The van der Waals surface area contributed by atoms with Crippen molar-refractivity contribution in [3.8, 4) is 11.6 Å². The van der Waals surface area contributed by atoms with Gasteiger partial charge in [-0.15, -0.1) is 0 Å². The van der Waals surface area contributed by atoms with E-state index in [0.29, 0.717) is 23.2 Å². The van der Waals surface area contributed by atoms with Crippen LogP contribution in [0.4, 0.5) is 0 Å². The third-order valence-electron chi connectivity index (χ3n) is 2.68. The molecule has 0 fully saturated rings. The van der Waals surface area contributed by atoms with E-state index in [1.165, 1.54) is 0 Å². The predicted octanol–water partition coefficient (Wildman–Crippen LogP) is 2.63. The maximum atomic E-state index is 5.87. The van der Waals surface area contributed by atoms with Crippen LogP contribution < -0.4 is 10.5 Å². The topological polar surface area (TPSA) is 65.4 Å². The second kappa shape index (κ2) is 4.87. The number of pyridine rings is 2. The zero-order valence-electron chi connectivity index (χ0n) is 9.95. The van der Waals surface area contributed by atoms with Gasteiger partial charge in [0.1, 0.15) is 17.1 Å². The Bertz CT molecular complexity index is 725. The molecule has 0 radical (unpaired) electrons. The Morgan fingerprint density at radius 1 is 1.32 bits per heavy atom. The minimum atomic E-state index is 0.328. The summed E-state index contributed by atoms with van der Waals surface area (Å²) in [5, 5.41) is 0.510. The Balaban J connectivity index is 2.05. The van der Waals surface area contributed by atoms with E-state index in [1.807, 2.05) is 28.8 Å². The zero-order chi connectivity index (χ0) is 13.2. The fraction of sp³-hybridized carbons (Fsp3) is 0.0769. The van der Waals surface area contributed by atoms with Crippen LogP contribution in [0.25, 0.3) is 5.65 Å². The number of fused-ring (bicyclic) bond motifs is 1. The van der Waals surface area contributed by atoms with Crippen LogP contribution in [0.15, 0.2) is 42.9 Å². The molecule has 0 spiro atoms. The maximum absolute atomic E-state index is 5.87. The molecule has 0 amide bonds. The summed E-state index contributed by atoms with van der Waals surface area (Å²) in [5.74, 6) is 1.00. The van der Waals surface area contributed by atoms with Crippen molar-refractivity contribution < 1.29 is 4.74 Å². The van der Waals surface area contributed by atoms with E-state index >= 15 is 0 Å². The van der Waals surface area contributed by atoms with E-state index in [0.717, 1.165) is 11.3 Å². The molecule has 0 saturated carbocycles. The second-order valence-electron chi connectivity index (χ2n) is 3.94. The summed E-state index contributed by atoms with van der Waals surface area (Å²) in [6.45, 7) is 0.328. The van der Waals surface area contributed by atoms with Crippen molar-refractivity contribution in [2.24, 2.45) is 5.73 Å². The smallest absolute Gasteiger partial charge is 0.242 e. The normalized spacial score (nSPS) is 10.8. The standard InChI is InChI=1S/C13H11ClN4O/c14-9-5-10(8-16-7-9)19-13-11(6-15)18-4-2-1-3-12(18)17-13/h1-5,7-8H,6,15H2. The van der Waals surface area contributed by atoms with E-state index < -0.39 is 0 Å². The predicted molar refractivity (Wildman–Crippen MR) is 72.4 cm³/mol. The molecule has 0 atom stereocenters. The van der Waals surface area contributed by atoms with E-state index in [4.69, 9.17) is 22.1 Å². The van der Waals surface area contributed by atoms with Crippen molar-refractivity contribution in [3.05, 3.63) is 53.6 Å². The molecule has 0 saturated heterocycles. The van der Waals surface area contributed by atoms with E-state index in [-0.39, 0.29) is 0 Å². The summed E-state index contributed by atoms with van der Waals surface area (Å²) in [7, 11) is 0. The molecule has 0 aromatic carbocycles. The van der Waals surface area contributed by atoms with Gasteiger partial charge in [0.15, 0.2) is 0 Å². The van der Waals surface area contributed by atoms with Crippen LogP contribution in [0.2, 0.25) is 5.02 Å². The molecule has 0 aliphatic carbocycles. The molecule has 0 aliphatic heterocycles. The molecule has 3 heterocycles. The minimum absolute atomic E-state index is 0.328. The van der Waals surface area contributed by atoms with Gasteiger partial charge in [0, 0.05) is 25.0 Å². The lowest BCUT2D eigenvalue weighted by atomic mass is 10.4. The SMILES string of the molecule is NCc1c(Oc2cncc(Cl)c2)nc2ccccn12. The van der Waals surface area contributed by atoms with Crippen LogP contribution in [0.5, 0.6) is 11.6 Å². The lowest BCUT2D eigenvalue weighted by Crippen LogP contribution is -2.02. The number of hydrogen-bond acceptors (Lipinski definition) is 4. The Morgan fingerprint density at radius 2 is 2.21 bits per heavy atom. The van der Waals surface area contributed by atoms with Crippen molar-refractivity contribution in [3.63, 3.8) is 0 Å². The van der Waals surface area contributed by atoms with Crippen LogP contribution >= 0.6 is 11.6 Å². The number of hydrogen-bond donors (Lipinski definition) is 1. The monoisotopic (exact) mass is 274 g/mol. The number of halogens is 1. The van der Waals surface area contributed by atoms with Crippen LogP contribution in [0.1, 0.15) is 5.69 Å². The molecule has 6 heteroatoms. The molecule has 19 heavy (non-hydrogen) atoms. The van der Waals surface area contributed by atoms with Crippen molar-refractivity contribution in [2.45, 2.75) is 6.54 Å². The van der Waals surface area contributed by atoms with Crippen molar-refractivity contribution >= 4 is 17.2 Å². The molecular weight excluding hydrogens is 264 g/mol. The zero-order valence-corrected chi connectivity index (χ0v) is 10.7.